The molecule has 0 heterocycles. The second-order valence-electron chi connectivity index (χ2n) is 4.57. The highest BCUT2D eigenvalue weighted by atomic mass is 16.5. The summed E-state index contributed by atoms with van der Waals surface area (Å²) >= 11 is 0. The molecule has 120 valence electrons. The monoisotopic (exact) mass is 307 g/mol. The van der Waals surface area contributed by atoms with Gasteiger partial charge in [0.1, 0.15) is 13.1 Å². The first-order valence-electron chi connectivity index (χ1n) is 7.15. The van der Waals surface area contributed by atoms with Gasteiger partial charge < -0.3 is 14.4 Å². The molecule has 6 heteroatoms. The van der Waals surface area contributed by atoms with Crippen molar-refractivity contribution in [1.29, 1.82) is 0 Å². The molecular weight excluding hydrogens is 286 g/mol. The molecule has 1 aromatic carbocycles. The van der Waals surface area contributed by atoms with Crippen molar-refractivity contribution in [3.8, 4) is 0 Å². The number of nitrogens with zero attached hydrogens (tertiary/aromatic N) is 1. The van der Waals surface area contributed by atoms with Crippen LogP contribution < -0.4 is 4.90 Å². The van der Waals surface area contributed by atoms with E-state index in [0.717, 1.165) is 0 Å². The quantitative estimate of drug-likeness (QED) is 0.539. The number of esters is 2. The third kappa shape index (κ3) is 5.55. The topological polar surface area (TPSA) is 72.9 Å². The first kappa shape index (κ1) is 17.7. The molecule has 1 rings (SSSR count). The summed E-state index contributed by atoms with van der Waals surface area (Å²) < 4.78 is 9.82. The average Bonchev–Trinajstić information content (AvgIpc) is 2.47. The van der Waals surface area contributed by atoms with Crippen LogP contribution in [0.3, 0.4) is 0 Å². The molecule has 0 saturated carbocycles. The molecule has 0 bridgehead atoms. The summed E-state index contributed by atoms with van der Waals surface area (Å²) in [5.74, 6) is -0.904. The molecular formula is C16H21NO5. The fourth-order valence-electron chi connectivity index (χ4n) is 1.87. The summed E-state index contributed by atoms with van der Waals surface area (Å²) in [5.41, 5.74) is 1.21. The van der Waals surface area contributed by atoms with Crippen molar-refractivity contribution < 1.29 is 23.9 Å². The zero-order chi connectivity index (χ0) is 16.5. The Hall–Kier alpha value is -2.37. The zero-order valence-corrected chi connectivity index (χ0v) is 13.1. The Morgan fingerprint density at radius 2 is 1.36 bits per heavy atom. The molecule has 0 aliphatic carbocycles. The molecule has 0 aromatic heterocycles. The van der Waals surface area contributed by atoms with Crippen molar-refractivity contribution in [2.24, 2.45) is 0 Å². The Kier molecular flexibility index (Phi) is 7.08. The summed E-state index contributed by atoms with van der Waals surface area (Å²) in [6, 6.07) is 6.69. The molecule has 1 aromatic rings. The van der Waals surface area contributed by atoms with Gasteiger partial charge in [0.2, 0.25) is 0 Å². The predicted octanol–water partition coefficient (Wildman–Crippen LogP) is 1.82. The summed E-state index contributed by atoms with van der Waals surface area (Å²) in [7, 11) is 0. The van der Waals surface area contributed by atoms with Gasteiger partial charge in [-0.15, -0.1) is 0 Å². The standard InChI is InChI=1S/C16H21NO5/c1-4-21-15(19)10-17(11-16(20)22-5-2)14-8-6-13(7-9-14)12(3)18/h6-9H,4-5,10-11H2,1-3H3. The second kappa shape index (κ2) is 8.81. The van der Waals surface area contributed by atoms with Gasteiger partial charge in [-0.25, -0.2) is 0 Å². The van der Waals surface area contributed by atoms with Crippen molar-refractivity contribution in [3.63, 3.8) is 0 Å². The first-order valence-corrected chi connectivity index (χ1v) is 7.15. The smallest absolute Gasteiger partial charge is 0.325 e. The van der Waals surface area contributed by atoms with Crippen LogP contribution in [-0.2, 0) is 19.1 Å². The lowest BCUT2D eigenvalue weighted by Gasteiger charge is -2.22. The third-order valence-electron chi connectivity index (χ3n) is 2.89. The van der Waals surface area contributed by atoms with Gasteiger partial charge in [0.05, 0.1) is 13.2 Å². The summed E-state index contributed by atoms with van der Waals surface area (Å²) in [5, 5.41) is 0. The molecule has 0 radical (unpaired) electrons. The molecule has 22 heavy (non-hydrogen) atoms. The lowest BCUT2D eigenvalue weighted by molar-refractivity contribution is -0.142. The Morgan fingerprint density at radius 3 is 1.73 bits per heavy atom. The van der Waals surface area contributed by atoms with Crippen LogP contribution in [0.25, 0.3) is 0 Å². The number of carbonyl (C=O) groups excluding carboxylic acids is 3. The van der Waals surface area contributed by atoms with Gasteiger partial charge in [-0.3, -0.25) is 14.4 Å². The van der Waals surface area contributed by atoms with Crippen LogP contribution >= 0.6 is 0 Å². The zero-order valence-electron chi connectivity index (χ0n) is 13.1. The maximum atomic E-state index is 11.7. The van der Waals surface area contributed by atoms with E-state index in [-0.39, 0.29) is 32.1 Å². The van der Waals surface area contributed by atoms with Crippen LogP contribution in [0.1, 0.15) is 31.1 Å². The number of ether oxygens (including phenoxy) is 2. The molecule has 0 atom stereocenters. The van der Waals surface area contributed by atoms with E-state index in [0.29, 0.717) is 11.3 Å². The molecule has 0 N–H and O–H groups in total. The van der Waals surface area contributed by atoms with Crippen LogP contribution in [-0.4, -0.2) is 44.0 Å². The van der Waals surface area contributed by atoms with Crippen molar-refractivity contribution >= 4 is 23.4 Å². The maximum Gasteiger partial charge on any atom is 0.325 e. The normalized spacial score (nSPS) is 9.95. The number of Topliss-reactive ketones (excluding diaryl/α,β-unsaturated/α-hetero) is 1. The van der Waals surface area contributed by atoms with E-state index in [2.05, 4.69) is 0 Å². The number of rotatable bonds is 8. The molecule has 0 amide bonds. The van der Waals surface area contributed by atoms with E-state index in [1.54, 1.807) is 43.0 Å². The van der Waals surface area contributed by atoms with E-state index in [1.807, 2.05) is 0 Å². The van der Waals surface area contributed by atoms with Gasteiger partial charge in [0.15, 0.2) is 5.78 Å². The predicted molar refractivity (Wildman–Crippen MR) is 81.9 cm³/mol. The number of hydrogen-bond acceptors (Lipinski definition) is 6. The Balaban J connectivity index is 2.89. The molecule has 0 unspecified atom stereocenters. The van der Waals surface area contributed by atoms with Gasteiger partial charge >= 0.3 is 11.9 Å². The largest absolute Gasteiger partial charge is 0.465 e. The molecule has 0 saturated heterocycles. The Bertz CT molecular complexity index is 504. The second-order valence-corrected chi connectivity index (χ2v) is 4.57. The lowest BCUT2D eigenvalue weighted by atomic mass is 10.1. The van der Waals surface area contributed by atoms with Crippen LogP contribution in [0.5, 0.6) is 0 Å². The molecule has 6 nitrogen and oxygen atoms in total. The van der Waals surface area contributed by atoms with E-state index in [9.17, 15) is 14.4 Å². The van der Waals surface area contributed by atoms with E-state index in [4.69, 9.17) is 9.47 Å². The summed E-state index contributed by atoms with van der Waals surface area (Å²) in [4.78, 5) is 36.2. The minimum absolute atomic E-state index is 0.0473. The van der Waals surface area contributed by atoms with Crippen LogP contribution in [0.4, 0.5) is 5.69 Å². The van der Waals surface area contributed by atoms with Crippen LogP contribution in [0.15, 0.2) is 24.3 Å². The van der Waals surface area contributed by atoms with Crippen molar-refractivity contribution in [2.45, 2.75) is 20.8 Å². The minimum Gasteiger partial charge on any atom is -0.465 e. The van der Waals surface area contributed by atoms with Crippen molar-refractivity contribution in [2.75, 3.05) is 31.2 Å². The van der Waals surface area contributed by atoms with Crippen molar-refractivity contribution in [3.05, 3.63) is 29.8 Å². The average molecular weight is 307 g/mol. The number of hydrogen-bond donors (Lipinski definition) is 0. The van der Waals surface area contributed by atoms with Crippen LogP contribution in [0.2, 0.25) is 0 Å². The highest BCUT2D eigenvalue weighted by Gasteiger charge is 2.17. The minimum atomic E-state index is -0.428. The van der Waals surface area contributed by atoms with Gasteiger partial charge in [0.25, 0.3) is 0 Å². The lowest BCUT2D eigenvalue weighted by Crippen LogP contribution is -2.36. The Labute approximate surface area is 130 Å². The maximum absolute atomic E-state index is 11.7. The third-order valence-corrected chi connectivity index (χ3v) is 2.89. The molecule has 0 aliphatic rings. The number of benzene rings is 1. The van der Waals surface area contributed by atoms with Crippen molar-refractivity contribution in [1.82, 2.24) is 0 Å². The van der Waals surface area contributed by atoms with Crippen LogP contribution in [0, 0.1) is 0 Å². The van der Waals surface area contributed by atoms with Gasteiger partial charge in [-0.05, 0) is 45.0 Å². The van der Waals surface area contributed by atoms with E-state index in [1.165, 1.54) is 6.92 Å². The number of ketones is 1. The van der Waals surface area contributed by atoms with E-state index < -0.39 is 11.9 Å². The summed E-state index contributed by atoms with van der Waals surface area (Å²) in [6.07, 6.45) is 0. The SMILES string of the molecule is CCOC(=O)CN(CC(=O)OCC)c1ccc(C(C)=O)cc1. The highest BCUT2D eigenvalue weighted by molar-refractivity contribution is 5.94. The number of carbonyl (C=O) groups is 3. The fraction of sp³-hybridized carbons (Fsp3) is 0.438. The first-order chi connectivity index (χ1) is 10.5. The number of anilines is 1. The van der Waals surface area contributed by atoms with Gasteiger partial charge in [-0.1, -0.05) is 0 Å². The van der Waals surface area contributed by atoms with Gasteiger partial charge in [-0.2, -0.15) is 0 Å². The molecule has 0 aliphatic heterocycles. The molecule has 0 fully saturated rings. The Morgan fingerprint density at radius 1 is 0.909 bits per heavy atom. The van der Waals surface area contributed by atoms with E-state index >= 15 is 0 Å². The molecule has 0 spiro atoms. The van der Waals surface area contributed by atoms with Gasteiger partial charge in [0, 0.05) is 11.3 Å². The highest BCUT2D eigenvalue weighted by Crippen LogP contribution is 2.16. The fourth-order valence-corrected chi connectivity index (χ4v) is 1.87. The summed E-state index contributed by atoms with van der Waals surface area (Å²) in [6.45, 7) is 5.33.